The first kappa shape index (κ1) is 18.8. The van der Waals surface area contributed by atoms with Gasteiger partial charge < -0.3 is 10.1 Å². The standard InChI is InChI=1S/C23H19N3O2S/c1-15-14-17(22-26-20-4-3-13-24-23(20)29-22)8-11-19(15)25-21(27)12-7-16-5-9-18(28-2)10-6-16/h3-14H,1-2H3,(H,25,27)/b12-7+. The van der Waals surface area contributed by atoms with Gasteiger partial charge in [0.1, 0.15) is 21.1 Å². The SMILES string of the molecule is COc1ccc(/C=C/C(=O)Nc2ccc(-c3nc4cccnc4s3)cc2C)cc1. The van der Waals surface area contributed by atoms with Crippen molar-refractivity contribution < 1.29 is 9.53 Å². The summed E-state index contributed by atoms with van der Waals surface area (Å²) < 4.78 is 5.14. The Morgan fingerprint density at radius 1 is 1.14 bits per heavy atom. The number of carbonyl (C=O) groups is 1. The Kier molecular flexibility index (Phi) is 5.35. The average molecular weight is 401 g/mol. The van der Waals surface area contributed by atoms with Gasteiger partial charge in [-0.3, -0.25) is 4.79 Å². The van der Waals surface area contributed by atoms with Crippen LogP contribution in [0, 0.1) is 6.92 Å². The van der Waals surface area contributed by atoms with Crippen LogP contribution in [0.2, 0.25) is 0 Å². The van der Waals surface area contributed by atoms with Crippen molar-refractivity contribution in [3.63, 3.8) is 0 Å². The van der Waals surface area contributed by atoms with Crippen LogP contribution < -0.4 is 10.1 Å². The van der Waals surface area contributed by atoms with E-state index in [1.54, 1.807) is 30.7 Å². The van der Waals surface area contributed by atoms with Crippen molar-refractivity contribution in [3.8, 4) is 16.3 Å². The van der Waals surface area contributed by atoms with Gasteiger partial charge in [0.15, 0.2) is 0 Å². The van der Waals surface area contributed by atoms with E-state index in [1.165, 1.54) is 6.08 Å². The van der Waals surface area contributed by atoms with Crippen molar-refractivity contribution in [2.24, 2.45) is 0 Å². The van der Waals surface area contributed by atoms with Crippen molar-refractivity contribution in [2.75, 3.05) is 12.4 Å². The number of carbonyl (C=O) groups excluding carboxylic acids is 1. The van der Waals surface area contributed by atoms with Gasteiger partial charge in [0.05, 0.1) is 7.11 Å². The summed E-state index contributed by atoms with van der Waals surface area (Å²) in [5.74, 6) is 0.604. The maximum absolute atomic E-state index is 12.3. The van der Waals surface area contributed by atoms with Crippen molar-refractivity contribution in [3.05, 3.63) is 78.0 Å². The minimum atomic E-state index is -0.180. The molecule has 0 aliphatic carbocycles. The molecule has 0 radical (unpaired) electrons. The van der Waals surface area contributed by atoms with Gasteiger partial charge in [-0.05, 0) is 66.6 Å². The predicted octanol–water partition coefficient (Wildman–Crippen LogP) is 5.33. The van der Waals surface area contributed by atoms with Crippen molar-refractivity contribution >= 4 is 39.4 Å². The molecule has 1 amide bonds. The molecule has 4 aromatic rings. The molecular formula is C23H19N3O2S. The van der Waals surface area contributed by atoms with Crippen LogP contribution in [0.1, 0.15) is 11.1 Å². The average Bonchev–Trinajstić information content (AvgIpc) is 3.18. The molecule has 0 spiro atoms. The first-order chi connectivity index (χ1) is 14.1. The fourth-order valence-electron chi connectivity index (χ4n) is 2.89. The third kappa shape index (κ3) is 4.33. The Morgan fingerprint density at radius 3 is 2.69 bits per heavy atom. The number of nitrogens with one attached hydrogen (secondary N) is 1. The number of aromatic nitrogens is 2. The van der Waals surface area contributed by atoms with Crippen LogP contribution in [0.4, 0.5) is 5.69 Å². The van der Waals surface area contributed by atoms with Crippen LogP contribution in [0.3, 0.4) is 0 Å². The zero-order valence-electron chi connectivity index (χ0n) is 16.0. The number of fused-ring (bicyclic) bond motifs is 1. The summed E-state index contributed by atoms with van der Waals surface area (Å²) in [4.78, 5) is 22.2. The molecule has 4 rings (SSSR count). The smallest absolute Gasteiger partial charge is 0.248 e. The molecule has 0 saturated heterocycles. The fourth-order valence-corrected chi connectivity index (χ4v) is 3.80. The highest BCUT2D eigenvalue weighted by atomic mass is 32.1. The molecule has 0 unspecified atom stereocenters. The fraction of sp³-hybridized carbons (Fsp3) is 0.0870. The number of methoxy groups -OCH3 is 1. The lowest BCUT2D eigenvalue weighted by molar-refractivity contribution is -0.111. The number of aryl methyl sites for hydroxylation is 1. The summed E-state index contributed by atoms with van der Waals surface area (Å²) in [5, 5.41) is 3.84. The lowest BCUT2D eigenvalue weighted by atomic mass is 10.1. The summed E-state index contributed by atoms with van der Waals surface area (Å²) in [6, 6.07) is 17.3. The maximum atomic E-state index is 12.3. The summed E-state index contributed by atoms with van der Waals surface area (Å²) in [6.07, 6.45) is 5.06. The van der Waals surface area contributed by atoms with Gasteiger partial charge in [-0.2, -0.15) is 0 Å². The second kappa shape index (κ2) is 8.24. The van der Waals surface area contributed by atoms with E-state index in [0.717, 1.165) is 43.5 Å². The highest BCUT2D eigenvalue weighted by molar-refractivity contribution is 7.21. The minimum absolute atomic E-state index is 0.180. The van der Waals surface area contributed by atoms with E-state index in [-0.39, 0.29) is 5.91 Å². The molecular weight excluding hydrogens is 382 g/mol. The van der Waals surface area contributed by atoms with E-state index in [2.05, 4.69) is 15.3 Å². The number of benzene rings is 2. The van der Waals surface area contributed by atoms with Gasteiger partial charge in [0.2, 0.25) is 5.91 Å². The van der Waals surface area contributed by atoms with Crippen LogP contribution in [0.25, 0.3) is 27.0 Å². The summed E-state index contributed by atoms with van der Waals surface area (Å²) in [7, 11) is 1.62. The molecule has 0 aliphatic rings. The van der Waals surface area contributed by atoms with Gasteiger partial charge >= 0.3 is 0 Å². The molecule has 6 heteroatoms. The van der Waals surface area contributed by atoms with E-state index in [0.29, 0.717) is 0 Å². The van der Waals surface area contributed by atoms with Crippen molar-refractivity contribution in [1.82, 2.24) is 9.97 Å². The van der Waals surface area contributed by atoms with E-state index in [9.17, 15) is 4.79 Å². The van der Waals surface area contributed by atoms with Gasteiger partial charge in [0.25, 0.3) is 0 Å². The highest BCUT2D eigenvalue weighted by Gasteiger charge is 2.09. The summed E-state index contributed by atoms with van der Waals surface area (Å²) in [5.41, 5.74) is 4.58. The molecule has 1 N–H and O–H groups in total. The van der Waals surface area contributed by atoms with E-state index in [4.69, 9.17) is 4.74 Å². The lowest BCUT2D eigenvalue weighted by Crippen LogP contribution is -2.08. The maximum Gasteiger partial charge on any atom is 0.248 e. The first-order valence-electron chi connectivity index (χ1n) is 9.08. The normalized spacial score (nSPS) is 11.1. The molecule has 2 heterocycles. The second-order valence-corrected chi connectivity index (χ2v) is 7.45. The lowest BCUT2D eigenvalue weighted by Gasteiger charge is -2.08. The Labute approximate surface area is 172 Å². The largest absolute Gasteiger partial charge is 0.497 e. The van der Waals surface area contributed by atoms with Gasteiger partial charge in [-0.15, -0.1) is 0 Å². The number of amides is 1. The number of rotatable bonds is 5. The van der Waals surface area contributed by atoms with E-state index < -0.39 is 0 Å². The number of ether oxygens (including phenoxy) is 1. The number of anilines is 1. The zero-order chi connectivity index (χ0) is 20.2. The molecule has 2 aromatic carbocycles. The highest BCUT2D eigenvalue weighted by Crippen LogP contribution is 2.31. The zero-order valence-corrected chi connectivity index (χ0v) is 16.9. The number of hydrogen-bond donors (Lipinski definition) is 1. The van der Waals surface area contributed by atoms with Gasteiger partial charge in [-0.1, -0.05) is 23.5 Å². The van der Waals surface area contributed by atoms with Gasteiger partial charge in [0, 0.05) is 23.5 Å². The Balaban J connectivity index is 1.47. The Hall–Kier alpha value is -3.51. The first-order valence-corrected chi connectivity index (χ1v) is 9.90. The molecule has 0 fully saturated rings. The van der Waals surface area contributed by atoms with Crippen molar-refractivity contribution in [1.29, 1.82) is 0 Å². The third-order valence-electron chi connectivity index (χ3n) is 4.44. The topological polar surface area (TPSA) is 64.1 Å². The number of nitrogens with zero attached hydrogens (tertiary/aromatic N) is 2. The molecule has 0 atom stereocenters. The number of pyridine rings is 1. The molecule has 0 bridgehead atoms. The van der Waals surface area contributed by atoms with E-state index >= 15 is 0 Å². The molecule has 0 saturated carbocycles. The third-order valence-corrected chi connectivity index (χ3v) is 5.47. The van der Waals surface area contributed by atoms with Crippen LogP contribution in [0.5, 0.6) is 5.75 Å². The van der Waals surface area contributed by atoms with Crippen LogP contribution in [-0.4, -0.2) is 23.0 Å². The molecule has 144 valence electrons. The van der Waals surface area contributed by atoms with Gasteiger partial charge in [-0.25, -0.2) is 9.97 Å². The van der Waals surface area contributed by atoms with Crippen LogP contribution >= 0.6 is 11.3 Å². The monoisotopic (exact) mass is 401 g/mol. The Morgan fingerprint density at radius 2 is 1.97 bits per heavy atom. The molecule has 5 nitrogen and oxygen atoms in total. The molecule has 29 heavy (non-hydrogen) atoms. The second-order valence-electron chi connectivity index (χ2n) is 6.47. The quantitative estimate of drug-likeness (QED) is 0.459. The number of thiazole rings is 1. The summed E-state index contributed by atoms with van der Waals surface area (Å²) in [6.45, 7) is 1.97. The molecule has 0 aliphatic heterocycles. The Bertz CT molecular complexity index is 1160. The molecule has 2 aromatic heterocycles. The summed E-state index contributed by atoms with van der Waals surface area (Å²) >= 11 is 1.56. The van der Waals surface area contributed by atoms with E-state index in [1.807, 2.05) is 61.5 Å². The van der Waals surface area contributed by atoms with Crippen LogP contribution in [0.15, 0.2) is 66.9 Å². The minimum Gasteiger partial charge on any atom is -0.497 e. The predicted molar refractivity (Wildman–Crippen MR) is 118 cm³/mol. The van der Waals surface area contributed by atoms with Crippen molar-refractivity contribution in [2.45, 2.75) is 6.92 Å². The van der Waals surface area contributed by atoms with Crippen LogP contribution in [-0.2, 0) is 4.79 Å². The number of hydrogen-bond acceptors (Lipinski definition) is 5.